The van der Waals surface area contributed by atoms with Gasteiger partial charge in [0.2, 0.25) is 21.6 Å². The number of piperidine rings is 1. The Morgan fingerprint density at radius 3 is 2.30 bits per heavy atom. The Morgan fingerprint density at radius 2 is 1.70 bits per heavy atom. The second-order valence-corrected chi connectivity index (χ2v) is 10.9. The standard InChI is InChI=1S/C19H26Cl3N7O/c1-17(2)9-11(10-18(3,4)29-17)24-15-26-14(19(20,21)22)27-16(28-15)25-12-7-6-8-23-13(12)30-5/h6-8,11,29H,9-10H2,1-5H3,(H2,24,25,26,27,28). The number of alkyl halides is 3. The van der Waals surface area contributed by atoms with Gasteiger partial charge in [0, 0.05) is 23.3 Å². The van der Waals surface area contributed by atoms with Crippen molar-refractivity contribution in [1.82, 2.24) is 25.3 Å². The lowest BCUT2D eigenvalue weighted by Gasteiger charge is -2.46. The van der Waals surface area contributed by atoms with E-state index in [0.29, 0.717) is 17.5 Å². The van der Waals surface area contributed by atoms with Crippen LogP contribution in [0.15, 0.2) is 18.3 Å². The Bertz CT molecular complexity index is 886. The molecule has 11 heteroatoms. The zero-order valence-electron chi connectivity index (χ0n) is 17.6. The number of halogens is 3. The highest BCUT2D eigenvalue weighted by molar-refractivity contribution is 6.66. The molecule has 1 aliphatic rings. The Balaban J connectivity index is 1.92. The zero-order valence-corrected chi connectivity index (χ0v) is 19.8. The van der Waals surface area contributed by atoms with E-state index in [1.807, 2.05) is 0 Å². The van der Waals surface area contributed by atoms with Gasteiger partial charge in [-0.1, -0.05) is 34.8 Å². The molecule has 0 aliphatic carbocycles. The predicted molar refractivity (Wildman–Crippen MR) is 121 cm³/mol. The van der Waals surface area contributed by atoms with Crippen molar-refractivity contribution < 1.29 is 4.74 Å². The van der Waals surface area contributed by atoms with E-state index in [-0.39, 0.29) is 28.9 Å². The Hall–Kier alpha value is -1.61. The summed E-state index contributed by atoms with van der Waals surface area (Å²) >= 11 is 18.2. The maximum absolute atomic E-state index is 6.07. The van der Waals surface area contributed by atoms with Crippen LogP contribution in [0.5, 0.6) is 5.88 Å². The van der Waals surface area contributed by atoms with Crippen molar-refractivity contribution in [2.75, 3.05) is 17.7 Å². The number of nitrogens with one attached hydrogen (secondary N) is 3. The zero-order chi connectivity index (χ0) is 22.2. The van der Waals surface area contributed by atoms with Crippen LogP contribution in [0, 0.1) is 0 Å². The fourth-order valence-corrected chi connectivity index (χ4v) is 4.25. The molecule has 0 aromatic carbocycles. The minimum Gasteiger partial charge on any atom is -0.480 e. The highest BCUT2D eigenvalue weighted by atomic mass is 35.6. The minimum absolute atomic E-state index is 0.0165. The number of methoxy groups -OCH3 is 1. The van der Waals surface area contributed by atoms with Gasteiger partial charge in [0.05, 0.1) is 7.11 Å². The van der Waals surface area contributed by atoms with Crippen LogP contribution in [0.3, 0.4) is 0 Å². The highest BCUT2D eigenvalue weighted by Gasteiger charge is 2.38. The third-order valence-corrected chi connectivity index (χ3v) is 5.13. The molecule has 3 N–H and O–H groups in total. The van der Waals surface area contributed by atoms with E-state index in [9.17, 15) is 0 Å². The normalized spacial score (nSPS) is 18.7. The SMILES string of the molecule is COc1ncccc1Nc1nc(NC2CC(C)(C)NC(C)(C)C2)nc(C(Cl)(Cl)Cl)n1. The van der Waals surface area contributed by atoms with Gasteiger partial charge in [0.25, 0.3) is 0 Å². The number of aromatic nitrogens is 4. The monoisotopic (exact) mass is 473 g/mol. The average Bonchev–Trinajstić information content (AvgIpc) is 2.58. The summed E-state index contributed by atoms with van der Waals surface area (Å²) in [7, 11) is 1.53. The number of hydrogen-bond donors (Lipinski definition) is 3. The van der Waals surface area contributed by atoms with Crippen molar-refractivity contribution in [1.29, 1.82) is 0 Å². The van der Waals surface area contributed by atoms with E-state index in [1.165, 1.54) is 7.11 Å². The highest BCUT2D eigenvalue weighted by Crippen LogP contribution is 2.37. The third-order valence-electron chi connectivity index (χ3n) is 4.62. The molecular weight excluding hydrogens is 449 g/mol. The quantitative estimate of drug-likeness (QED) is 0.542. The van der Waals surface area contributed by atoms with Crippen molar-refractivity contribution in [3.05, 3.63) is 24.2 Å². The lowest BCUT2D eigenvalue weighted by molar-refractivity contribution is 0.170. The van der Waals surface area contributed by atoms with Crippen LogP contribution in [0.1, 0.15) is 46.4 Å². The fraction of sp³-hybridized carbons (Fsp3) is 0.579. The molecule has 1 saturated heterocycles. The van der Waals surface area contributed by atoms with Gasteiger partial charge in [0.15, 0.2) is 5.82 Å². The number of hydrogen-bond acceptors (Lipinski definition) is 8. The molecule has 30 heavy (non-hydrogen) atoms. The van der Waals surface area contributed by atoms with Crippen LogP contribution in [-0.4, -0.2) is 44.2 Å². The smallest absolute Gasteiger partial charge is 0.250 e. The Kier molecular flexibility index (Phi) is 6.53. The van der Waals surface area contributed by atoms with Gasteiger partial charge in [-0.2, -0.15) is 15.0 Å². The van der Waals surface area contributed by atoms with Gasteiger partial charge < -0.3 is 20.7 Å². The van der Waals surface area contributed by atoms with E-state index in [0.717, 1.165) is 12.8 Å². The molecule has 0 spiro atoms. The van der Waals surface area contributed by atoms with E-state index < -0.39 is 3.79 Å². The van der Waals surface area contributed by atoms with Gasteiger partial charge in [0.1, 0.15) is 5.69 Å². The van der Waals surface area contributed by atoms with E-state index in [2.05, 4.69) is 63.6 Å². The second-order valence-electron chi connectivity index (χ2n) is 8.63. The lowest BCUT2D eigenvalue weighted by Crippen LogP contribution is -2.60. The topological polar surface area (TPSA) is 96.9 Å². The Labute approximate surface area is 191 Å². The minimum atomic E-state index is -1.80. The summed E-state index contributed by atoms with van der Waals surface area (Å²) in [5.74, 6) is 0.954. The van der Waals surface area contributed by atoms with E-state index in [1.54, 1.807) is 18.3 Å². The maximum atomic E-state index is 6.07. The van der Waals surface area contributed by atoms with E-state index in [4.69, 9.17) is 39.5 Å². The van der Waals surface area contributed by atoms with E-state index >= 15 is 0 Å². The van der Waals surface area contributed by atoms with Gasteiger partial charge in [-0.25, -0.2) is 4.98 Å². The molecule has 2 aromatic rings. The molecule has 1 aliphatic heterocycles. The van der Waals surface area contributed by atoms with Crippen LogP contribution in [-0.2, 0) is 3.79 Å². The number of pyridine rings is 1. The molecule has 0 atom stereocenters. The fourth-order valence-electron chi connectivity index (χ4n) is 4.00. The Morgan fingerprint density at radius 1 is 1.07 bits per heavy atom. The van der Waals surface area contributed by atoms with Gasteiger partial charge in [-0.3, -0.25) is 0 Å². The summed E-state index contributed by atoms with van der Waals surface area (Å²) in [6, 6.07) is 3.68. The molecule has 0 bridgehead atoms. The van der Waals surface area contributed by atoms with Crippen molar-refractivity contribution in [3.63, 3.8) is 0 Å². The van der Waals surface area contributed by atoms with Crippen LogP contribution < -0.4 is 20.7 Å². The number of anilines is 3. The summed E-state index contributed by atoms with van der Waals surface area (Å²) in [6.07, 6.45) is 3.38. The van der Waals surface area contributed by atoms with Crippen molar-refractivity contribution in [2.45, 2.75) is 61.4 Å². The summed E-state index contributed by atoms with van der Waals surface area (Å²) in [4.78, 5) is 17.2. The molecule has 2 aromatic heterocycles. The van der Waals surface area contributed by atoms with Crippen LogP contribution >= 0.6 is 34.8 Å². The van der Waals surface area contributed by atoms with Crippen molar-refractivity contribution >= 4 is 52.4 Å². The van der Waals surface area contributed by atoms with Crippen molar-refractivity contribution in [2.24, 2.45) is 0 Å². The van der Waals surface area contributed by atoms with Gasteiger partial charge in [-0.15, -0.1) is 0 Å². The predicted octanol–water partition coefficient (Wildman–Crippen LogP) is 4.57. The molecule has 1 fully saturated rings. The number of ether oxygens (including phenoxy) is 1. The molecule has 0 unspecified atom stereocenters. The first-order chi connectivity index (χ1) is 13.9. The molecule has 164 valence electrons. The second kappa shape index (κ2) is 8.49. The third kappa shape index (κ3) is 5.97. The summed E-state index contributed by atoms with van der Waals surface area (Å²) in [5, 5.41) is 10.1. The van der Waals surface area contributed by atoms with Gasteiger partial charge >= 0.3 is 0 Å². The molecule has 0 radical (unpaired) electrons. The van der Waals surface area contributed by atoms with Crippen molar-refractivity contribution in [3.8, 4) is 5.88 Å². The largest absolute Gasteiger partial charge is 0.480 e. The maximum Gasteiger partial charge on any atom is 0.250 e. The molecule has 8 nitrogen and oxygen atoms in total. The van der Waals surface area contributed by atoms with Crippen LogP contribution in [0.2, 0.25) is 0 Å². The number of rotatable bonds is 5. The molecule has 0 amide bonds. The lowest BCUT2D eigenvalue weighted by atomic mass is 9.80. The molecule has 3 heterocycles. The summed E-state index contributed by atoms with van der Waals surface area (Å²) in [5.41, 5.74) is 0.486. The first kappa shape index (κ1) is 23.1. The summed E-state index contributed by atoms with van der Waals surface area (Å²) < 4.78 is 3.46. The molecular formula is C19H26Cl3N7O. The van der Waals surface area contributed by atoms with Crippen LogP contribution in [0.25, 0.3) is 0 Å². The first-order valence-electron chi connectivity index (χ1n) is 9.52. The first-order valence-corrected chi connectivity index (χ1v) is 10.7. The molecule has 3 rings (SSSR count). The van der Waals surface area contributed by atoms with Crippen LogP contribution in [0.4, 0.5) is 17.6 Å². The average molecular weight is 475 g/mol. The molecule has 0 saturated carbocycles. The van der Waals surface area contributed by atoms with Gasteiger partial charge in [-0.05, 0) is 52.7 Å². The number of nitrogens with zero attached hydrogens (tertiary/aromatic N) is 4. The summed E-state index contributed by atoms with van der Waals surface area (Å²) in [6.45, 7) is 8.68.